The number of pyridine rings is 1. The quantitative estimate of drug-likeness (QED) is 0.823. The molecule has 3 rings (SSSR count). The van der Waals surface area contributed by atoms with Crippen molar-refractivity contribution in [2.45, 2.75) is 0 Å². The maximum absolute atomic E-state index is 12.2. The summed E-state index contributed by atoms with van der Waals surface area (Å²) in [5, 5.41) is 3.14. The number of halogens is 2. The first-order valence-electron chi connectivity index (χ1n) is 6.15. The van der Waals surface area contributed by atoms with Crippen molar-refractivity contribution in [3.05, 3.63) is 45.7 Å². The number of hydrogen-bond donors (Lipinski definition) is 1. The Labute approximate surface area is 134 Å². The Morgan fingerprint density at radius 1 is 1.24 bits per heavy atom. The summed E-state index contributed by atoms with van der Waals surface area (Å²) in [6.07, 6.45) is 1.55. The molecular weight excluding hydrogens is 360 g/mol. The van der Waals surface area contributed by atoms with Gasteiger partial charge in [-0.15, -0.1) is 0 Å². The average Bonchev–Trinajstić information content (AvgIpc) is 2.48. The van der Waals surface area contributed by atoms with Crippen LogP contribution in [0.15, 0.2) is 35.1 Å². The van der Waals surface area contributed by atoms with Gasteiger partial charge in [0.15, 0.2) is 11.5 Å². The van der Waals surface area contributed by atoms with Gasteiger partial charge in [0, 0.05) is 23.9 Å². The molecule has 0 atom stereocenters. The lowest BCUT2D eigenvalue weighted by Crippen LogP contribution is -2.17. The number of amides is 1. The second kappa shape index (κ2) is 5.91. The van der Waals surface area contributed by atoms with Gasteiger partial charge >= 0.3 is 0 Å². The summed E-state index contributed by atoms with van der Waals surface area (Å²) < 4.78 is 11.5. The van der Waals surface area contributed by atoms with E-state index in [0.29, 0.717) is 45.6 Å². The summed E-state index contributed by atoms with van der Waals surface area (Å²) in [6.45, 7) is 0.958. The monoisotopic (exact) mass is 368 g/mol. The molecule has 1 N–H and O–H groups in total. The molecule has 1 aromatic heterocycles. The van der Waals surface area contributed by atoms with E-state index >= 15 is 0 Å². The van der Waals surface area contributed by atoms with Gasteiger partial charge in [-0.1, -0.05) is 11.6 Å². The minimum atomic E-state index is -0.281. The van der Waals surface area contributed by atoms with Crippen LogP contribution in [0.2, 0.25) is 5.02 Å². The fraction of sp³-hybridized carbons (Fsp3) is 0.143. The van der Waals surface area contributed by atoms with Gasteiger partial charge in [0.1, 0.15) is 17.8 Å². The average molecular weight is 370 g/mol. The summed E-state index contributed by atoms with van der Waals surface area (Å²) in [5.74, 6) is 0.865. The predicted molar refractivity (Wildman–Crippen MR) is 82.3 cm³/mol. The summed E-state index contributed by atoms with van der Waals surface area (Å²) in [6, 6.07) is 6.53. The molecule has 0 spiro atoms. The van der Waals surface area contributed by atoms with Crippen LogP contribution in [0, 0.1) is 0 Å². The Hall–Kier alpha value is -1.79. The van der Waals surface area contributed by atoms with Crippen LogP contribution in [0.1, 0.15) is 10.4 Å². The fourth-order valence-electron chi connectivity index (χ4n) is 1.90. The molecule has 0 saturated heterocycles. The third-order valence-electron chi connectivity index (χ3n) is 2.87. The lowest BCUT2D eigenvalue weighted by Gasteiger charge is -2.20. The van der Waals surface area contributed by atoms with E-state index in [1.165, 1.54) is 0 Å². The Balaban J connectivity index is 1.86. The molecular formula is C14H10BrClN2O3. The van der Waals surface area contributed by atoms with Gasteiger partial charge in [-0.25, -0.2) is 4.98 Å². The molecule has 0 bridgehead atoms. The number of ether oxygens (including phenoxy) is 2. The Kier molecular flexibility index (Phi) is 3.98. The zero-order chi connectivity index (χ0) is 14.8. The molecule has 1 amide bonds. The maximum atomic E-state index is 12.2. The van der Waals surface area contributed by atoms with Crippen molar-refractivity contribution in [1.82, 2.24) is 4.98 Å². The minimum Gasteiger partial charge on any atom is -0.486 e. The molecule has 108 valence electrons. The largest absolute Gasteiger partial charge is 0.486 e. The van der Waals surface area contributed by atoms with E-state index < -0.39 is 0 Å². The van der Waals surface area contributed by atoms with Gasteiger partial charge in [0.2, 0.25) is 0 Å². The Bertz CT molecular complexity index is 709. The first-order valence-corrected chi connectivity index (χ1v) is 7.32. The smallest absolute Gasteiger partial charge is 0.255 e. The highest BCUT2D eigenvalue weighted by molar-refractivity contribution is 9.10. The van der Waals surface area contributed by atoms with Crippen molar-refractivity contribution in [2.75, 3.05) is 18.5 Å². The van der Waals surface area contributed by atoms with Gasteiger partial charge < -0.3 is 14.8 Å². The number of benzene rings is 1. The minimum absolute atomic E-state index is 0.281. The molecule has 1 aromatic carbocycles. The molecule has 0 saturated carbocycles. The molecule has 7 heteroatoms. The van der Waals surface area contributed by atoms with E-state index in [1.807, 2.05) is 0 Å². The van der Waals surface area contributed by atoms with E-state index in [2.05, 4.69) is 26.2 Å². The maximum Gasteiger partial charge on any atom is 0.255 e. The summed E-state index contributed by atoms with van der Waals surface area (Å²) in [5.41, 5.74) is 0.946. The van der Waals surface area contributed by atoms with Crippen molar-refractivity contribution in [3.63, 3.8) is 0 Å². The normalized spacial score (nSPS) is 12.9. The number of anilines is 1. The van der Waals surface area contributed by atoms with E-state index in [1.54, 1.807) is 30.5 Å². The van der Waals surface area contributed by atoms with Gasteiger partial charge in [0.05, 0.1) is 10.7 Å². The van der Waals surface area contributed by atoms with Crippen LogP contribution in [0.5, 0.6) is 11.5 Å². The zero-order valence-electron chi connectivity index (χ0n) is 10.7. The standard InChI is InChI=1S/C14H10BrClN2O3/c15-13-5-8(1-2-17-13)14(19)18-10-7-12-11(6-9(10)16)20-3-4-21-12/h1-2,5-7H,3-4H2,(H,18,19). The Morgan fingerprint density at radius 3 is 2.67 bits per heavy atom. The van der Waals surface area contributed by atoms with E-state index in [9.17, 15) is 4.79 Å². The number of aromatic nitrogens is 1. The van der Waals surface area contributed by atoms with Crippen LogP contribution in [0.3, 0.4) is 0 Å². The SMILES string of the molecule is O=C(Nc1cc2c(cc1Cl)OCCO2)c1ccnc(Br)c1. The summed E-state index contributed by atoms with van der Waals surface area (Å²) >= 11 is 9.38. The molecule has 2 heterocycles. The number of fused-ring (bicyclic) bond motifs is 1. The lowest BCUT2D eigenvalue weighted by molar-refractivity contribution is 0.102. The van der Waals surface area contributed by atoms with Crippen molar-refractivity contribution in [3.8, 4) is 11.5 Å². The highest BCUT2D eigenvalue weighted by Crippen LogP contribution is 2.38. The third-order valence-corrected chi connectivity index (χ3v) is 3.62. The third kappa shape index (κ3) is 3.11. The molecule has 0 fully saturated rings. The second-order valence-corrected chi connectivity index (χ2v) is 5.52. The highest BCUT2D eigenvalue weighted by Gasteiger charge is 2.17. The molecule has 1 aliphatic rings. The van der Waals surface area contributed by atoms with Crippen LogP contribution in [-0.4, -0.2) is 24.1 Å². The fourth-order valence-corrected chi connectivity index (χ4v) is 2.46. The molecule has 1 aliphatic heterocycles. The van der Waals surface area contributed by atoms with Gasteiger partial charge in [-0.3, -0.25) is 4.79 Å². The van der Waals surface area contributed by atoms with Gasteiger partial charge in [-0.05, 0) is 28.1 Å². The molecule has 2 aromatic rings. The van der Waals surface area contributed by atoms with Crippen molar-refractivity contribution in [1.29, 1.82) is 0 Å². The molecule has 0 aliphatic carbocycles. The number of nitrogens with zero attached hydrogens (tertiary/aromatic N) is 1. The van der Waals surface area contributed by atoms with Crippen molar-refractivity contribution < 1.29 is 14.3 Å². The first-order chi connectivity index (χ1) is 10.1. The molecule has 0 unspecified atom stereocenters. The van der Waals surface area contributed by atoms with E-state index in [-0.39, 0.29) is 5.91 Å². The molecule has 0 radical (unpaired) electrons. The lowest BCUT2D eigenvalue weighted by atomic mass is 10.2. The topological polar surface area (TPSA) is 60.5 Å². The van der Waals surface area contributed by atoms with E-state index in [4.69, 9.17) is 21.1 Å². The van der Waals surface area contributed by atoms with Crippen molar-refractivity contribution >= 4 is 39.1 Å². The summed E-state index contributed by atoms with van der Waals surface area (Å²) in [7, 11) is 0. The highest BCUT2D eigenvalue weighted by atomic mass is 79.9. The number of nitrogens with one attached hydrogen (secondary N) is 1. The van der Waals surface area contributed by atoms with Gasteiger partial charge in [-0.2, -0.15) is 0 Å². The number of carbonyl (C=O) groups excluding carboxylic acids is 1. The number of rotatable bonds is 2. The molecule has 5 nitrogen and oxygen atoms in total. The van der Waals surface area contributed by atoms with Crippen LogP contribution >= 0.6 is 27.5 Å². The predicted octanol–water partition coefficient (Wildman–Crippen LogP) is 3.52. The Morgan fingerprint density at radius 2 is 1.95 bits per heavy atom. The van der Waals surface area contributed by atoms with Gasteiger partial charge in [0.25, 0.3) is 5.91 Å². The summed E-state index contributed by atoms with van der Waals surface area (Å²) in [4.78, 5) is 16.2. The van der Waals surface area contributed by atoms with Crippen LogP contribution in [-0.2, 0) is 0 Å². The number of carbonyl (C=O) groups is 1. The molecule has 21 heavy (non-hydrogen) atoms. The van der Waals surface area contributed by atoms with Crippen LogP contribution in [0.4, 0.5) is 5.69 Å². The second-order valence-electron chi connectivity index (χ2n) is 4.30. The van der Waals surface area contributed by atoms with Crippen molar-refractivity contribution in [2.24, 2.45) is 0 Å². The zero-order valence-corrected chi connectivity index (χ0v) is 13.1. The van der Waals surface area contributed by atoms with Crippen LogP contribution in [0.25, 0.3) is 0 Å². The first kappa shape index (κ1) is 14.2. The number of hydrogen-bond acceptors (Lipinski definition) is 4. The van der Waals surface area contributed by atoms with Crippen LogP contribution < -0.4 is 14.8 Å². The van der Waals surface area contributed by atoms with E-state index in [0.717, 1.165) is 0 Å².